The van der Waals surface area contributed by atoms with E-state index < -0.39 is 12.0 Å². The average molecular weight is 314 g/mol. The third kappa shape index (κ3) is 2.53. The molecule has 0 saturated carbocycles. The van der Waals surface area contributed by atoms with E-state index in [2.05, 4.69) is 0 Å². The highest BCUT2D eigenvalue weighted by atomic mass is 35.5. The summed E-state index contributed by atoms with van der Waals surface area (Å²) in [5.74, 6) is -0.385. The normalized spacial score (nSPS) is 14.8. The molecule has 4 nitrogen and oxygen atoms in total. The summed E-state index contributed by atoms with van der Waals surface area (Å²) in [6.45, 7) is 3.82. The van der Waals surface area contributed by atoms with Crippen molar-refractivity contribution in [3.05, 3.63) is 39.6 Å². The van der Waals surface area contributed by atoms with E-state index in [9.17, 15) is 9.59 Å². The number of hydrogen-bond acceptors (Lipinski definition) is 3. The summed E-state index contributed by atoms with van der Waals surface area (Å²) in [6, 6.07) is 4.55. The van der Waals surface area contributed by atoms with Crippen molar-refractivity contribution in [2.75, 3.05) is 4.90 Å². The van der Waals surface area contributed by atoms with Gasteiger partial charge in [0.2, 0.25) is 0 Å². The van der Waals surface area contributed by atoms with Gasteiger partial charge in [0.05, 0.1) is 10.7 Å². The van der Waals surface area contributed by atoms with E-state index in [1.54, 1.807) is 6.07 Å². The molecule has 1 aromatic rings. The fourth-order valence-corrected chi connectivity index (χ4v) is 2.52. The second kappa shape index (κ2) is 5.85. The number of benzene rings is 1. The summed E-state index contributed by atoms with van der Waals surface area (Å²) in [5.41, 5.74) is 1.07. The van der Waals surface area contributed by atoms with Crippen LogP contribution in [0.2, 0.25) is 10.0 Å². The molecule has 106 valence electrons. The first-order valence-corrected chi connectivity index (χ1v) is 6.98. The number of imide groups is 1. The van der Waals surface area contributed by atoms with Crippen LogP contribution in [0.4, 0.5) is 10.5 Å². The lowest BCUT2D eigenvalue weighted by molar-refractivity contribution is -0.114. The molecule has 6 heteroatoms. The van der Waals surface area contributed by atoms with Crippen molar-refractivity contribution in [2.45, 2.75) is 26.7 Å². The SMILES string of the molecule is CCC(CC)=C1OC(=O)N(c2ccc(Cl)cc2Cl)C1=O. The largest absolute Gasteiger partial charge is 0.427 e. The van der Waals surface area contributed by atoms with Gasteiger partial charge in [0.15, 0.2) is 5.76 Å². The smallest absolute Gasteiger partial charge is 0.404 e. The van der Waals surface area contributed by atoms with Gasteiger partial charge in [-0.2, -0.15) is 0 Å². The van der Waals surface area contributed by atoms with Crippen LogP contribution in [0.15, 0.2) is 29.5 Å². The number of nitrogens with zero attached hydrogens (tertiary/aromatic N) is 1. The van der Waals surface area contributed by atoms with Crippen molar-refractivity contribution in [1.82, 2.24) is 0 Å². The molecule has 1 aliphatic heterocycles. The monoisotopic (exact) mass is 313 g/mol. The third-order valence-electron chi connectivity index (χ3n) is 3.09. The number of halogens is 2. The second-order valence-corrected chi connectivity index (χ2v) is 5.09. The fourth-order valence-electron chi connectivity index (χ4n) is 2.03. The Morgan fingerprint density at radius 2 is 1.85 bits per heavy atom. The first kappa shape index (κ1) is 14.9. The van der Waals surface area contributed by atoms with E-state index in [1.807, 2.05) is 13.8 Å². The van der Waals surface area contributed by atoms with Gasteiger partial charge in [0.1, 0.15) is 0 Å². The van der Waals surface area contributed by atoms with Gasteiger partial charge in [-0.3, -0.25) is 4.79 Å². The Bertz CT molecular complexity index is 604. The van der Waals surface area contributed by atoms with E-state index in [1.165, 1.54) is 12.1 Å². The molecule has 0 unspecified atom stereocenters. The number of hydrogen-bond donors (Lipinski definition) is 0. The summed E-state index contributed by atoms with van der Waals surface area (Å²) in [7, 11) is 0. The Morgan fingerprint density at radius 3 is 2.40 bits per heavy atom. The van der Waals surface area contributed by atoms with Crippen molar-refractivity contribution < 1.29 is 14.3 Å². The van der Waals surface area contributed by atoms with Crippen LogP contribution in [0.3, 0.4) is 0 Å². The number of carbonyl (C=O) groups excluding carboxylic acids is 2. The maximum Gasteiger partial charge on any atom is 0.427 e. The van der Waals surface area contributed by atoms with E-state index >= 15 is 0 Å². The molecule has 0 aromatic heterocycles. The minimum Gasteiger partial charge on any atom is -0.404 e. The predicted molar refractivity (Wildman–Crippen MR) is 78.0 cm³/mol. The van der Waals surface area contributed by atoms with Crippen molar-refractivity contribution in [1.29, 1.82) is 0 Å². The minimum atomic E-state index is -0.742. The quantitative estimate of drug-likeness (QED) is 0.769. The predicted octanol–water partition coefficient (Wildman–Crippen LogP) is 4.55. The van der Waals surface area contributed by atoms with Crippen LogP contribution in [0.25, 0.3) is 0 Å². The average Bonchev–Trinajstić information content (AvgIpc) is 2.68. The molecule has 2 rings (SSSR count). The first-order chi connectivity index (χ1) is 9.49. The summed E-state index contributed by atoms with van der Waals surface area (Å²) < 4.78 is 5.10. The molecule has 0 aliphatic carbocycles. The molecule has 0 N–H and O–H groups in total. The molecule has 1 aliphatic rings. The van der Waals surface area contributed by atoms with Crippen LogP contribution in [-0.2, 0) is 9.53 Å². The van der Waals surface area contributed by atoms with Crippen LogP contribution in [0.5, 0.6) is 0 Å². The highest BCUT2D eigenvalue weighted by Gasteiger charge is 2.40. The zero-order valence-corrected chi connectivity index (χ0v) is 12.6. The molecule has 1 saturated heterocycles. The number of amides is 2. The summed E-state index contributed by atoms with van der Waals surface area (Å²) in [6.07, 6.45) is 0.550. The van der Waals surface area contributed by atoms with Crippen LogP contribution in [-0.4, -0.2) is 12.0 Å². The number of allylic oxidation sites excluding steroid dienone is 1. The molecular weight excluding hydrogens is 301 g/mol. The Hall–Kier alpha value is -1.52. The van der Waals surface area contributed by atoms with Gasteiger partial charge in [0.25, 0.3) is 0 Å². The molecule has 0 spiro atoms. The molecule has 1 heterocycles. The topological polar surface area (TPSA) is 46.6 Å². The zero-order chi connectivity index (χ0) is 14.9. The molecule has 0 bridgehead atoms. The van der Waals surface area contributed by atoms with Crippen LogP contribution < -0.4 is 4.90 Å². The standard InChI is InChI=1S/C14H13Cl2NO3/c1-3-8(4-2)12-13(18)17(14(19)20-12)11-6-5-9(15)7-10(11)16/h5-7H,3-4H2,1-2H3. The fraction of sp³-hybridized carbons (Fsp3) is 0.286. The maximum atomic E-state index is 12.3. The van der Waals surface area contributed by atoms with Crippen molar-refractivity contribution >= 4 is 40.9 Å². The Balaban J connectivity index is 2.46. The molecule has 0 atom stereocenters. The number of carbonyl (C=O) groups is 2. The molecule has 20 heavy (non-hydrogen) atoms. The second-order valence-electron chi connectivity index (χ2n) is 4.24. The number of ether oxygens (including phenoxy) is 1. The maximum absolute atomic E-state index is 12.3. The van der Waals surface area contributed by atoms with Gasteiger partial charge >= 0.3 is 12.0 Å². The van der Waals surface area contributed by atoms with Crippen LogP contribution >= 0.6 is 23.2 Å². The van der Waals surface area contributed by atoms with Crippen LogP contribution in [0, 0.1) is 0 Å². The van der Waals surface area contributed by atoms with Crippen molar-refractivity contribution in [3.63, 3.8) is 0 Å². The molecule has 0 radical (unpaired) electrons. The lowest BCUT2D eigenvalue weighted by Gasteiger charge is -2.12. The van der Waals surface area contributed by atoms with Gasteiger partial charge in [-0.25, -0.2) is 9.69 Å². The van der Waals surface area contributed by atoms with Crippen LogP contribution in [0.1, 0.15) is 26.7 Å². The van der Waals surface area contributed by atoms with Crippen molar-refractivity contribution in [3.8, 4) is 0 Å². The zero-order valence-electron chi connectivity index (χ0n) is 11.1. The van der Waals surface area contributed by atoms with Gasteiger partial charge in [-0.15, -0.1) is 0 Å². The van der Waals surface area contributed by atoms with Gasteiger partial charge in [0, 0.05) is 5.02 Å². The third-order valence-corrected chi connectivity index (χ3v) is 3.63. The molecule has 1 aromatic carbocycles. The Morgan fingerprint density at radius 1 is 1.20 bits per heavy atom. The van der Waals surface area contributed by atoms with Gasteiger partial charge in [-0.1, -0.05) is 37.0 Å². The lowest BCUT2D eigenvalue weighted by Crippen LogP contribution is -2.28. The molecular formula is C14H13Cl2NO3. The molecule has 2 amide bonds. The minimum absolute atomic E-state index is 0.103. The van der Waals surface area contributed by atoms with E-state index in [4.69, 9.17) is 27.9 Å². The Labute approximate surface area is 126 Å². The molecule has 1 fully saturated rings. The van der Waals surface area contributed by atoms with Gasteiger partial charge in [-0.05, 0) is 36.6 Å². The first-order valence-electron chi connectivity index (χ1n) is 6.22. The summed E-state index contributed by atoms with van der Waals surface area (Å²) in [5, 5.41) is 0.649. The number of cyclic esters (lactones) is 1. The number of anilines is 1. The lowest BCUT2D eigenvalue weighted by atomic mass is 10.1. The number of rotatable bonds is 3. The Kier molecular flexibility index (Phi) is 4.35. The van der Waals surface area contributed by atoms with Gasteiger partial charge < -0.3 is 4.74 Å². The highest BCUT2D eigenvalue weighted by Crippen LogP contribution is 2.34. The van der Waals surface area contributed by atoms with E-state index in [0.717, 1.165) is 10.5 Å². The summed E-state index contributed by atoms with van der Waals surface area (Å²) in [4.78, 5) is 25.2. The summed E-state index contributed by atoms with van der Waals surface area (Å²) >= 11 is 11.8. The van der Waals surface area contributed by atoms with E-state index in [0.29, 0.717) is 17.9 Å². The van der Waals surface area contributed by atoms with E-state index in [-0.39, 0.29) is 16.5 Å². The highest BCUT2D eigenvalue weighted by molar-refractivity contribution is 6.38. The van der Waals surface area contributed by atoms with Crippen molar-refractivity contribution in [2.24, 2.45) is 0 Å².